The molecule has 0 aromatic carbocycles. The Hall–Kier alpha value is -1.45. The third-order valence-electron chi connectivity index (χ3n) is 1.75. The normalized spacial score (nSPS) is 16.0. The van der Waals surface area contributed by atoms with Gasteiger partial charge in [0.25, 0.3) is 0 Å². The average molecular weight is 195 g/mol. The van der Waals surface area contributed by atoms with Gasteiger partial charge in [0.1, 0.15) is 0 Å². The number of carbonyl (C=O) groups excluding carboxylic acids is 1. The summed E-state index contributed by atoms with van der Waals surface area (Å²) in [5.41, 5.74) is 0.838. The molecule has 1 N–H and O–H groups in total. The highest BCUT2D eigenvalue weighted by atomic mass is 16.2. The van der Waals surface area contributed by atoms with Crippen LogP contribution in [0.3, 0.4) is 0 Å². The van der Waals surface area contributed by atoms with Crippen molar-refractivity contribution in [2.45, 2.75) is 26.7 Å². The van der Waals surface area contributed by atoms with Crippen molar-refractivity contribution in [1.82, 2.24) is 5.32 Å². The van der Waals surface area contributed by atoms with Crippen molar-refractivity contribution >= 4 is 17.5 Å². The van der Waals surface area contributed by atoms with E-state index in [1.54, 1.807) is 0 Å². The zero-order valence-corrected chi connectivity index (χ0v) is 8.58. The molecular formula is C10H17N3O. The highest BCUT2D eigenvalue weighted by Crippen LogP contribution is 2.28. The van der Waals surface area contributed by atoms with E-state index in [-0.39, 0.29) is 13.3 Å². The van der Waals surface area contributed by atoms with Gasteiger partial charge < -0.3 is 5.32 Å². The van der Waals surface area contributed by atoms with E-state index < -0.39 is 0 Å². The van der Waals surface area contributed by atoms with Crippen LogP contribution in [0.1, 0.15) is 28.1 Å². The van der Waals surface area contributed by atoms with Crippen LogP contribution in [0, 0.1) is 5.92 Å². The van der Waals surface area contributed by atoms with Crippen LogP contribution in [0.15, 0.2) is 22.9 Å². The summed E-state index contributed by atoms with van der Waals surface area (Å²) >= 11 is 0. The summed E-state index contributed by atoms with van der Waals surface area (Å²) in [6.45, 7) is 7.24. The molecule has 0 saturated heterocycles. The zero-order valence-electron chi connectivity index (χ0n) is 8.58. The minimum absolute atomic E-state index is 0. The fourth-order valence-electron chi connectivity index (χ4n) is 0.845. The molecule has 4 nitrogen and oxygen atoms in total. The van der Waals surface area contributed by atoms with Gasteiger partial charge in [-0.1, -0.05) is 6.58 Å². The molecule has 1 aliphatic rings. The third kappa shape index (κ3) is 3.51. The summed E-state index contributed by atoms with van der Waals surface area (Å²) in [7, 11) is 0. The van der Waals surface area contributed by atoms with Gasteiger partial charge in [0.2, 0.25) is 5.91 Å². The molecule has 1 amide bonds. The third-order valence-corrected chi connectivity index (χ3v) is 1.75. The van der Waals surface area contributed by atoms with Gasteiger partial charge in [-0.2, -0.15) is 5.10 Å². The van der Waals surface area contributed by atoms with Gasteiger partial charge in [-0.25, -0.2) is 0 Å². The molecule has 0 atom stereocenters. The van der Waals surface area contributed by atoms with E-state index in [1.807, 2.05) is 13.8 Å². The van der Waals surface area contributed by atoms with Crippen molar-refractivity contribution in [3.63, 3.8) is 0 Å². The first-order chi connectivity index (χ1) is 6.63. The topological polar surface area (TPSA) is 53.8 Å². The van der Waals surface area contributed by atoms with Gasteiger partial charge in [-0.3, -0.25) is 4.79 Å². The summed E-state index contributed by atoms with van der Waals surface area (Å²) < 4.78 is 0. The Bertz CT molecular complexity index is 302. The molecule has 0 aliphatic heterocycles. The van der Waals surface area contributed by atoms with E-state index in [0.29, 0.717) is 5.84 Å². The summed E-state index contributed by atoms with van der Waals surface area (Å²) in [6.07, 6.45) is 3.45. The van der Waals surface area contributed by atoms with Crippen LogP contribution in [0.5, 0.6) is 0 Å². The van der Waals surface area contributed by atoms with Crippen molar-refractivity contribution in [2.24, 2.45) is 16.1 Å². The number of amides is 1. The Morgan fingerprint density at radius 2 is 2.14 bits per heavy atom. The number of nitrogens with one attached hydrogen (secondary N) is 1. The lowest BCUT2D eigenvalue weighted by atomic mass is 10.4. The lowest BCUT2D eigenvalue weighted by Gasteiger charge is -2.01. The van der Waals surface area contributed by atoms with Gasteiger partial charge in [0.15, 0.2) is 5.84 Å². The highest BCUT2D eigenvalue weighted by molar-refractivity contribution is 6.05. The lowest BCUT2D eigenvalue weighted by Crippen LogP contribution is -2.30. The molecule has 1 saturated carbocycles. The van der Waals surface area contributed by atoms with Crippen molar-refractivity contribution in [3.05, 3.63) is 12.7 Å². The minimum Gasteiger partial charge on any atom is -0.309 e. The number of nitrogens with zero attached hydrogens (tertiary/aromatic N) is 2. The molecule has 0 bridgehead atoms. The molecule has 0 aromatic heterocycles. The minimum atomic E-state index is 0. The molecule has 4 heteroatoms. The lowest BCUT2D eigenvalue weighted by molar-refractivity contribution is -0.120. The highest BCUT2D eigenvalue weighted by Gasteiger charge is 2.29. The van der Waals surface area contributed by atoms with Crippen LogP contribution < -0.4 is 5.32 Å². The first-order valence-corrected chi connectivity index (χ1v) is 4.65. The molecule has 0 aromatic rings. The Kier molecular flexibility index (Phi) is 3.56. The van der Waals surface area contributed by atoms with E-state index in [4.69, 9.17) is 0 Å². The second-order valence-electron chi connectivity index (χ2n) is 3.50. The maximum absolute atomic E-state index is 11.3. The molecule has 78 valence electrons. The van der Waals surface area contributed by atoms with Crippen LogP contribution in [0.4, 0.5) is 0 Å². The van der Waals surface area contributed by atoms with Crippen LogP contribution >= 0.6 is 0 Å². The number of hydrogen-bond donors (Lipinski definition) is 1. The Morgan fingerprint density at radius 3 is 2.57 bits per heavy atom. The first-order valence-electron chi connectivity index (χ1n) is 4.65. The van der Waals surface area contributed by atoms with Crippen LogP contribution in [-0.2, 0) is 4.79 Å². The summed E-state index contributed by atoms with van der Waals surface area (Å²) in [6, 6.07) is 0. The fourth-order valence-corrected chi connectivity index (χ4v) is 0.845. The molecule has 0 heterocycles. The fraction of sp³-hybridized carbons (Fsp3) is 0.500. The van der Waals surface area contributed by atoms with Gasteiger partial charge in [0.05, 0.1) is 0 Å². The second kappa shape index (κ2) is 4.69. The number of carbonyl (C=O) groups is 1. The molecule has 0 spiro atoms. The molecule has 1 aliphatic carbocycles. The second-order valence-corrected chi connectivity index (χ2v) is 3.50. The summed E-state index contributed by atoms with van der Waals surface area (Å²) in [5, 5.41) is 10.4. The summed E-state index contributed by atoms with van der Waals surface area (Å²) in [5.74, 6) is 0.613. The van der Waals surface area contributed by atoms with Gasteiger partial charge in [-0.05, 0) is 32.8 Å². The predicted molar refractivity (Wildman–Crippen MR) is 59.4 cm³/mol. The van der Waals surface area contributed by atoms with Crippen molar-refractivity contribution in [1.29, 1.82) is 0 Å². The Morgan fingerprint density at radius 1 is 1.50 bits per heavy atom. The SMILES string of the molecule is C=C/C(=N\N=C(C)C)NC(=O)C1CC1.[HH]. The zero-order chi connectivity index (χ0) is 10.6. The Balaban J connectivity index is 0.00000196. The number of amidine groups is 1. The van der Waals surface area contributed by atoms with Crippen LogP contribution in [-0.4, -0.2) is 17.5 Å². The van der Waals surface area contributed by atoms with Gasteiger partial charge in [0, 0.05) is 13.1 Å². The quantitative estimate of drug-likeness (QED) is 0.416. The summed E-state index contributed by atoms with van der Waals surface area (Å²) in [4.78, 5) is 11.3. The maximum Gasteiger partial charge on any atom is 0.228 e. The van der Waals surface area contributed by atoms with Crippen LogP contribution in [0.2, 0.25) is 0 Å². The van der Waals surface area contributed by atoms with E-state index in [9.17, 15) is 4.79 Å². The smallest absolute Gasteiger partial charge is 0.228 e. The standard InChI is InChI=1S/C10H15N3O.H2/c1-4-9(13-12-7(2)3)11-10(14)8-5-6-8;/h4,8H,1,5-6H2,2-3H3,(H,11,13,14);1H. The number of rotatable bonds is 3. The van der Waals surface area contributed by atoms with Crippen molar-refractivity contribution in [3.8, 4) is 0 Å². The predicted octanol–water partition coefficient (Wildman–Crippen LogP) is 1.74. The number of hydrogen-bond acceptors (Lipinski definition) is 3. The Labute approximate surface area is 85.3 Å². The van der Waals surface area contributed by atoms with E-state index in [2.05, 4.69) is 22.1 Å². The van der Waals surface area contributed by atoms with Crippen molar-refractivity contribution < 1.29 is 6.22 Å². The van der Waals surface area contributed by atoms with E-state index in [1.165, 1.54) is 6.08 Å². The average Bonchev–Trinajstić information content (AvgIpc) is 2.94. The monoisotopic (exact) mass is 195 g/mol. The molecule has 0 radical (unpaired) electrons. The molecular weight excluding hydrogens is 178 g/mol. The van der Waals surface area contributed by atoms with Gasteiger partial charge >= 0.3 is 0 Å². The maximum atomic E-state index is 11.3. The first kappa shape index (κ1) is 10.6. The van der Waals surface area contributed by atoms with Crippen LogP contribution in [0.25, 0.3) is 0 Å². The molecule has 0 unspecified atom stereocenters. The largest absolute Gasteiger partial charge is 0.309 e. The van der Waals surface area contributed by atoms with E-state index >= 15 is 0 Å². The molecule has 1 rings (SSSR count). The van der Waals surface area contributed by atoms with Crippen molar-refractivity contribution in [2.75, 3.05) is 0 Å². The van der Waals surface area contributed by atoms with E-state index in [0.717, 1.165) is 18.6 Å². The molecule has 1 fully saturated rings. The molecule has 14 heavy (non-hydrogen) atoms. The van der Waals surface area contributed by atoms with Gasteiger partial charge in [-0.15, -0.1) is 5.10 Å².